The molecule has 0 aliphatic carbocycles. The van der Waals surface area contributed by atoms with E-state index in [1.54, 1.807) is 7.30 Å². The molecule has 0 bridgehead atoms. The Morgan fingerprint density at radius 2 is 1.00 bits per heavy atom. The summed E-state index contributed by atoms with van der Waals surface area (Å²) in [5, 5.41) is 0. The van der Waals surface area contributed by atoms with Crippen LogP contribution in [0.1, 0.15) is 0 Å². The minimum atomic E-state index is 0.813. The van der Waals surface area contributed by atoms with Crippen molar-refractivity contribution in [2.24, 2.45) is 0 Å². The molecule has 6 heavy (non-hydrogen) atoms. The summed E-state index contributed by atoms with van der Waals surface area (Å²) >= 11 is 2.44. The van der Waals surface area contributed by atoms with E-state index in [4.69, 9.17) is 0 Å². The van der Waals surface area contributed by atoms with Crippen LogP contribution in [-0.4, -0.2) is 7.30 Å². The molecule has 0 saturated carbocycles. The Morgan fingerprint density at radius 3 is 1.17 bits per heavy atom. The monoisotopic (exact) mass is 423 g/mol. The second-order valence-corrected chi connectivity index (χ2v) is 17.4. The van der Waals surface area contributed by atoms with Crippen LogP contribution in [0.3, 0.4) is 0 Å². The Hall–Kier alpha value is 2.19. The molecule has 0 aromatic rings. The van der Waals surface area contributed by atoms with Gasteiger partial charge in [0.15, 0.2) is 0 Å². The molecule has 1 rings (SSSR count). The van der Waals surface area contributed by atoms with E-state index in [-0.39, 0.29) is 0 Å². The van der Waals surface area contributed by atoms with E-state index in [9.17, 15) is 0 Å². The fourth-order valence-electron chi connectivity index (χ4n) is 0.233. The van der Waals surface area contributed by atoms with Crippen molar-refractivity contribution in [3.8, 4) is 0 Å². The first kappa shape index (κ1) is 6.31. The third kappa shape index (κ3) is 2.49. The molecule has 1 saturated heterocycles. The Bertz CT molecular complexity index is 21.5. The van der Waals surface area contributed by atoms with Crippen molar-refractivity contribution in [3.63, 3.8) is 0 Å². The summed E-state index contributed by atoms with van der Waals surface area (Å²) in [6, 6.07) is 0. The third-order valence-corrected chi connectivity index (χ3v) is 19.3. The normalized spacial score (nSPS) is 28.0. The number of alkyl halides is 6. The predicted molar refractivity (Wildman–Crippen MR) is 14.6 cm³/mol. The molecule has 0 N–H and O–H groups in total. The van der Waals surface area contributed by atoms with E-state index in [1.807, 2.05) is 0 Å². The van der Waals surface area contributed by atoms with Crippen molar-refractivity contribution in [2.45, 2.75) is 0 Å². The first-order valence-corrected chi connectivity index (χ1v) is 10.8. The Morgan fingerprint density at radius 1 is 0.667 bits per heavy atom. The molecule has 1 aliphatic heterocycles. The summed E-state index contributed by atoms with van der Waals surface area (Å²) in [5.74, 6) is 0. The minimum absolute atomic E-state index is 0.813. The van der Waals surface area contributed by atoms with Crippen LogP contribution >= 0.6 is 0 Å². The summed E-state index contributed by atoms with van der Waals surface area (Å²) in [6.07, 6.45) is 0. The first-order valence-electron chi connectivity index (χ1n) is 1.60. The van der Waals surface area contributed by atoms with Crippen molar-refractivity contribution >= 4 is 0 Å². The van der Waals surface area contributed by atoms with Crippen LogP contribution in [0.4, 0.5) is 0 Å². The maximum atomic E-state index is 1.75. The van der Waals surface area contributed by atoms with E-state index >= 15 is 0 Å². The number of halogens is 3. The Kier molecular flexibility index (Phi) is 4.32. The third-order valence-electron chi connectivity index (χ3n) is 0.429. The zero-order valence-electron chi connectivity index (χ0n) is 3.26. The molecule has 0 radical (unpaired) electrons. The van der Waals surface area contributed by atoms with Crippen LogP contribution in [0.25, 0.3) is 0 Å². The molecule has 0 unspecified atom stereocenters. The van der Waals surface area contributed by atoms with Crippen molar-refractivity contribution in [3.05, 3.63) is 0 Å². The molecule has 0 atom stereocenters. The SMILES string of the molecule is C1[I-]C[I-]C[I-]1. The van der Waals surface area contributed by atoms with Crippen LogP contribution in [0.15, 0.2) is 0 Å². The van der Waals surface area contributed by atoms with E-state index < -0.39 is 0 Å². The molecular formula is C3H6I3-3. The molecule has 42 valence electrons. The van der Waals surface area contributed by atoms with E-state index in [0.717, 1.165) is 63.6 Å². The molecule has 0 amide bonds. The molecule has 0 aromatic carbocycles. The summed E-state index contributed by atoms with van der Waals surface area (Å²) in [4.78, 5) is 0. The van der Waals surface area contributed by atoms with E-state index in [0.29, 0.717) is 0 Å². The van der Waals surface area contributed by atoms with Gasteiger partial charge in [0.2, 0.25) is 0 Å². The average Bonchev–Trinajstić information content (AvgIpc) is 1.72. The van der Waals surface area contributed by atoms with Crippen molar-refractivity contribution in [1.82, 2.24) is 0 Å². The summed E-state index contributed by atoms with van der Waals surface area (Å²) in [5.41, 5.74) is 0. The molecule has 0 nitrogen and oxygen atoms in total. The van der Waals surface area contributed by atoms with Gasteiger partial charge in [-0.05, 0) is 0 Å². The van der Waals surface area contributed by atoms with E-state index in [1.165, 1.54) is 0 Å². The van der Waals surface area contributed by atoms with Crippen LogP contribution in [0.2, 0.25) is 0 Å². The summed E-state index contributed by atoms with van der Waals surface area (Å²) in [7, 11) is 0. The van der Waals surface area contributed by atoms with Crippen molar-refractivity contribution in [2.75, 3.05) is 7.30 Å². The zero-order valence-corrected chi connectivity index (χ0v) is 9.73. The van der Waals surface area contributed by atoms with Crippen molar-refractivity contribution < 1.29 is 63.6 Å². The number of hydrogen-bond donors (Lipinski definition) is 0. The fraction of sp³-hybridized carbons (Fsp3) is 1.00. The van der Waals surface area contributed by atoms with Gasteiger partial charge in [-0.1, -0.05) is 0 Å². The second kappa shape index (κ2) is 4.11. The molecule has 0 spiro atoms. The second-order valence-electron chi connectivity index (χ2n) is 0.870. The van der Waals surface area contributed by atoms with Crippen molar-refractivity contribution in [1.29, 1.82) is 0 Å². The zero-order chi connectivity index (χ0) is 4.24. The van der Waals surface area contributed by atoms with Gasteiger partial charge in [0.1, 0.15) is 0 Å². The number of hydrogen-bond acceptors (Lipinski definition) is 0. The summed E-state index contributed by atoms with van der Waals surface area (Å²) < 4.78 is 5.24. The van der Waals surface area contributed by atoms with Gasteiger partial charge in [0, 0.05) is 0 Å². The molecule has 1 heterocycles. The fourth-order valence-corrected chi connectivity index (χ4v) is 31.3. The van der Waals surface area contributed by atoms with Gasteiger partial charge in [-0.25, -0.2) is 0 Å². The van der Waals surface area contributed by atoms with Gasteiger partial charge < -0.3 is 0 Å². The average molecular weight is 423 g/mol. The van der Waals surface area contributed by atoms with Gasteiger partial charge in [-0.3, -0.25) is 0 Å². The van der Waals surface area contributed by atoms with Gasteiger partial charge >= 0.3 is 70.9 Å². The Balaban J connectivity index is 2.00. The van der Waals surface area contributed by atoms with Gasteiger partial charge in [-0.15, -0.1) is 0 Å². The van der Waals surface area contributed by atoms with Gasteiger partial charge in [0.05, 0.1) is 0 Å². The van der Waals surface area contributed by atoms with Gasteiger partial charge in [0.25, 0.3) is 0 Å². The van der Waals surface area contributed by atoms with Crippen LogP contribution in [-0.2, 0) is 0 Å². The quantitative estimate of drug-likeness (QED) is 0.269. The number of rotatable bonds is 0. The standard InChI is InChI=1S/C3H6I3/c1-4-2-6-3-5-1/h1-3H2/q-3. The molecular weight excluding hydrogens is 417 g/mol. The Labute approximate surface area is 69.6 Å². The van der Waals surface area contributed by atoms with Crippen LogP contribution < -0.4 is 63.6 Å². The maximum absolute atomic E-state index is 1.75. The first-order chi connectivity index (χ1) is 3.00. The van der Waals surface area contributed by atoms with Gasteiger partial charge in [-0.2, -0.15) is 0 Å². The molecule has 1 aliphatic rings. The van der Waals surface area contributed by atoms with Crippen LogP contribution in [0, 0.1) is 0 Å². The predicted octanol–water partition coefficient (Wildman–Crippen LogP) is -8.86. The van der Waals surface area contributed by atoms with Crippen LogP contribution in [0.5, 0.6) is 0 Å². The topological polar surface area (TPSA) is 0 Å². The molecule has 1 fully saturated rings. The molecule has 3 heteroatoms. The summed E-state index contributed by atoms with van der Waals surface area (Å²) in [6.45, 7) is 0. The molecule has 0 aromatic heterocycles. The van der Waals surface area contributed by atoms with E-state index in [2.05, 4.69) is 0 Å².